The Bertz CT molecular complexity index is 424. The molecule has 1 N–H and O–H groups in total. The van der Waals surface area contributed by atoms with Crippen LogP contribution in [0.3, 0.4) is 0 Å². The van der Waals surface area contributed by atoms with Crippen molar-refractivity contribution in [2.45, 2.75) is 25.4 Å². The maximum Gasteiger partial charge on any atom is 0.128 e. The van der Waals surface area contributed by atoms with Gasteiger partial charge >= 0.3 is 0 Å². The zero-order chi connectivity index (χ0) is 12.5. The van der Waals surface area contributed by atoms with Gasteiger partial charge in [-0.25, -0.2) is 4.39 Å². The molecular weight excluding hydrogens is 295 g/mol. The first-order valence-electron chi connectivity index (χ1n) is 6.62. The number of piperidine rings is 1. The van der Waals surface area contributed by atoms with E-state index in [-0.39, 0.29) is 5.82 Å². The minimum atomic E-state index is -0.104. The van der Waals surface area contributed by atoms with E-state index in [2.05, 4.69) is 26.1 Å². The van der Waals surface area contributed by atoms with Crippen molar-refractivity contribution in [3.63, 3.8) is 0 Å². The Morgan fingerprint density at radius 3 is 3.06 bits per heavy atom. The van der Waals surface area contributed by atoms with E-state index in [1.165, 1.54) is 12.8 Å². The SMILES string of the molecule is Fc1cc(Br)ccc1CN1C[C@@H]2CCCN[C@@H]2C1. The molecular formula is C14H18BrFN2. The van der Waals surface area contributed by atoms with Crippen molar-refractivity contribution in [2.24, 2.45) is 5.92 Å². The number of hydrogen-bond donors (Lipinski definition) is 1. The van der Waals surface area contributed by atoms with Crippen molar-refractivity contribution < 1.29 is 4.39 Å². The van der Waals surface area contributed by atoms with E-state index in [0.29, 0.717) is 6.04 Å². The Morgan fingerprint density at radius 1 is 1.39 bits per heavy atom. The topological polar surface area (TPSA) is 15.3 Å². The predicted molar refractivity (Wildman–Crippen MR) is 73.9 cm³/mol. The third-order valence-corrected chi connectivity index (χ3v) is 4.58. The van der Waals surface area contributed by atoms with Crippen LogP contribution in [0, 0.1) is 11.7 Å². The largest absolute Gasteiger partial charge is 0.312 e. The summed E-state index contributed by atoms with van der Waals surface area (Å²) in [4.78, 5) is 2.37. The number of fused-ring (bicyclic) bond motifs is 1. The van der Waals surface area contributed by atoms with Gasteiger partial charge in [-0.2, -0.15) is 0 Å². The highest BCUT2D eigenvalue weighted by Gasteiger charge is 2.34. The van der Waals surface area contributed by atoms with E-state index in [4.69, 9.17) is 0 Å². The number of benzene rings is 1. The van der Waals surface area contributed by atoms with Gasteiger partial charge in [0, 0.05) is 35.7 Å². The molecule has 0 bridgehead atoms. The summed E-state index contributed by atoms with van der Waals surface area (Å²) in [5.41, 5.74) is 0.803. The van der Waals surface area contributed by atoms with Crippen molar-refractivity contribution in [1.82, 2.24) is 10.2 Å². The molecule has 0 unspecified atom stereocenters. The number of halogens is 2. The van der Waals surface area contributed by atoms with Crippen LogP contribution in [0.15, 0.2) is 22.7 Å². The van der Waals surface area contributed by atoms with Gasteiger partial charge in [0.15, 0.2) is 0 Å². The van der Waals surface area contributed by atoms with Gasteiger partial charge in [0.25, 0.3) is 0 Å². The number of hydrogen-bond acceptors (Lipinski definition) is 2. The van der Waals surface area contributed by atoms with Crippen LogP contribution in [0.4, 0.5) is 4.39 Å². The van der Waals surface area contributed by atoms with Crippen LogP contribution in [-0.4, -0.2) is 30.6 Å². The number of rotatable bonds is 2. The summed E-state index contributed by atoms with van der Waals surface area (Å²) in [6, 6.07) is 5.97. The van der Waals surface area contributed by atoms with Gasteiger partial charge in [0.2, 0.25) is 0 Å². The molecule has 2 heterocycles. The molecule has 2 aliphatic heterocycles. The highest BCUT2D eigenvalue weighted by Crippen LogP contribution is 2.26. The van der Waals surface area contributed by atoms with Crippen molar-refractivity contribution in [1.29, 1.82) is 0 Å². The molecule has 3 rings (SSSR count). The smallest absolute Gasteiger partial charge is 0.128 e. The number of nitrogens with one attached hydrogen (secondary N) is 1. The number of nitrogens with zero attached hydrogens (tertiary/aromatic N) is 1. The lowest BCUT2D eigenvalue weighted by Crippen LogP contribution is -2.40. The molecule has 2 aliphatic rings. The first kappa shape index (κ1) is 12.6. The molecule has 0 spiro atoms. The van der Waals surface area contributed by atoms with Gasteiger partial charge in [-0.15, -0.1) is 0 Å². The summed E-state index contributed by atoms with van der Waals surface area (Å²) < 4.78 is 14.6. The van der Waals surface area contributed by atoms with Crippen molar-refractivity contribution in [2.75, 3.05) is 19.6 Å². The van der Waals surface area contributed by atoms with Crippen LogP contribution in [0.1, 0.15) is 18.4 Å². The van der Waals surface area contributed by atoms with E-state index < -0.39 is 0 Å². The van der Waals surface area contributed by atoms with Gasteiger partial charge in [0.1, 0.15) is 5.82 Å². The molecule has 4 heteroatoms. The van der Waals surface area contributed by atoms with Gasteiger partial charge in [0.05, 0.1) is 0 Å². The molecule has 0 aromatic heterocycles. The highest BCUT2D eigenvalue weighted by atomic mass is 79.9. The molecule has 1 aromatic carbocycles. The van der Waals surface area contributed by atoms with Crippen LogP contribution in [0.2, 0.25) is 0 Å². The lowest BCUT2D eigenvalue weighted by Gasteiger charge is -2.24. The quantitative estimate of drug-likeness (QED) is 0.903. The van der Waals surface area contributed by atoms with Gasteiger partial charge in [-0.05, 0) is 37.4 Å². The van der Waals surface area contributed by atoms with Crippen LogP contribution < -0.4 is 5.32 Å². The maximum atomic E-state index is 13.8. The third kappa shape index (κ3) is 2.60. The van der Waals surface area contributed by atoms with E-state index in [0.717, 1.165) is 42.1 Å². The van der Waals surface area contributed by atoms with Gasteiger partial charge in [-0.1, -0.05) is 22.0 Å². The van der Waals surface area contributed by atoms with Crippen LogP contribution in [0.25, 0.3) is 0 Å². The Balaban J connectivity index is 1.66. The van der Waals surface area contributed by atoms with Crippen LogP contribution in [-0.2, 0) is 6.54 Å². The Morgan fingerprint density at radius 2 is 2.28 bits per heavy atom. The van der Waals surface area contributed by atoms with Gasteiger partial charge < -0.3 is 5.32 Å². The first-order valence-corrected chi connectivity index (χ1v) is 7.41. The minimum absolute atomic E-state index is 0.104. The second-order valence-corrected chi connectivity index (χ2v) is 6.31. The summed E-state index contributed by atoms with van der Waals surface area (Å²) in [7, 11) is 0. The Labute approximate surface area is 116 Å². The number of likely N-dealkylation sites (tertiary alicyclic amines) is 1. The first-order chi connectivity index (χ1) is 8.72. The monoisotopic (exact) mass is 312 g/mol. The zero-order valence-electron chi connectivity index (χ0n) is 10.3. The lowest BCUT2D eigenvalue weighted by molar-refractivity contribution is 0.308. The normalized spacial score (nSPS) is 28.3. The average molecular weight is 313 g/mol. The van der Waals surface area contributed by atoms with Crippen molar-refractivity contribution >= 4 is 15.9 Å². The maximum absolute atomic E-state index is 13.8. The molecule has 2 fully saturated rings. The molecule has 1 aromatic rings. The molecule has 0 radical (unpaired) electrons. The van der Waals surface area contributed by atoms with E-state index in [1.54, 1.807) is 6.07 Å². The molecule has 98 valence electrons. The van der Waals surface area contributed by atoms with Crippen molar-refractivity contribution in [3.8, 4) is 0 Å². The van der Waals surface area contributed by atoms with E-state index in [1.807, 2.05) is 12.1 Å². The molecule has 18 heavy (non-hydrogen) atoms. The summed E-state index contributed by atoms with van der Waals surface area (Å²) in [6.07, 6.45) is 2.60. The standard InChI is InChI=1S/C14H18BrFN2/c15-12-4-3-10(13(16)6-12)7-18-8-11-2-1-5-17-14(11)9-18/h3-4,6,11,14,17H,1-2,5,7-9H2/t11-,14+/m0/s1. The molecule has 2 saturated heterocycles. The fraction of sp³-hybridized carbons (Fsp3) is 0.571. The lowest BCUT2D eigenvalue weighted by atomic mass is 9.94. The summed E-state index contributed by atoms with van der Waals surface area (Å²) in [6.45, 7) is 4.03. The van der Waals surface area contributed by atoms with Gasteiger partial charge in [-0.3, -0.25) is 4.90 Å². The Kier molecular flexibility index (Phi) is 3.68. The highest BCUT2D eigenvalue weighted by molar-refractivity contribution is 9.10. The fourth-order valence-electron chi connectivity index (χ4n) is 3.16. The fourth-order valence-corrected chi connectivity index (χ4v) is 3.49. The van der Waals surface area contributed by atoms with E-state index >= 15 is 0 Å². The predicted octanol–water partition coefficient (Wildman–Crippen LogP) is 2.77. The minimum Gasteiger partial charge on any atom is -0.312 e. The van der Waals surface area contributed by atoms with Crippen LogP contribution in [0.5, 0.6) is 0 Å². The summed E-state index contributed by atoms with van der Waals surface area (Å²) in [5, 5.41) is 3.58. The third-order valence-electron chi connectivity index (χ3n) is 4.08. The summed E-state index contributed by atoms with van der Waals surface area (Å²) >= 11 is 3.30. The van der Waals surface area contributed by atoms with E-state index in [9.17, 15) is 4.39 Å². The molecule has 0 saturated carbocycles. The Hall–Kier alpha value is -0.450. The second kappa shape index (κ2) is 5.27. The zero-order valence-corrected chi connectivity index (χ0v) is 11.9. The van der Waals surface area contributed by atoms with Crippen LogP contribution >= 0.6 is 15.9 Å². The molecule has 2 nitrogen and oxygen atoms in total. The molecule has 0 aliphatic carbocycles. The second-order valence-electron chi connectivity index (χ2n) is 5.39. The molecule has 2 atom stereocenters. The average Bonchev–Trinajstić information content (AvgIpc) is 2.75. The molecule has 0 amide bonds. The summed E-state index contributed by atoms with van der Waals surface area (Å²) in [5.74, 6) is 0.657. The van der Waals surface area contributed by atoms with Crippen molar-refractivity contribution in [3.05, 3.63) is 34.1 Å².